The van der Waals surface area contributed by atoms with Crippen LogP contribution >= 0.6 is 27.5 Å². The minimum atomic E-state index is 0.253. The monoisotopic (exact) mass is 344 g/mol. The number of hydrogen-bond donors (Lipinski definition) is 1. The molecule has 2 rings (SSSR count). The van der Waals surface area contributed by atoms with Crippen LogP contribution in [0.4, 0.5) is 0 Å². The van der Waals surface area contributed by atoms with Crippen LogP contribution < -0.4 is 5.73 Å². The third kappa shape index (κ3) is 3.52. The first kappa shape index (κ1) is 15.3. The van der Waals surface area contributed by atoms with Gasteiger partial charge in [0.2, 0.25) is 0 Å². The van der Waals surface area contributed by atoms with Crippen molar-refractivity contribution >= 4 is 27.5 Å². The second-order valence-corrected chi connectivity index (χ2v) is 6.95. The maximum Gasteiger partial charge on any atom is 0.0482 e. The van der Waals surface area contributed by atoms with Crippen molar-refractivity contribution in [2.45, 2.75) is 26.3 Å². The summed E-state index contributed by atoms with van der Waals surface area (Å²) in [6.07, 6.45) is 1.25. The van der Waals surface area contributed by atoms with E-state index in [1.54, 1.807) is 0 Å². The van der Waals surface area contributed by atoms with Crippen molar-refractivity contribution in [3.63, 3.8) is 0 Å². The number of rotatable bonds is 3. The molecule has 4 heteroatoms. The lowest BCUT2D eigenvalue weighted by Crippen LogP contribution is -2.43. The summed E-state index contributed by atoms with van der Waals surface area (Å²) >= 11 is 9.75. The molecular weight excluding hydrogens is 324 g/mol. The van der Waals surface area contributed by atoms with E-state index in [0.717, 1.165) is 34.4 Å². The van der Waals surface area contributed by atoms with E-state index in [0.29, 0.717) is 6.54 Å². The van der Waals surface area contributed by atoms with Crippen LogP contribution in [0.15, 0.2) is 22.7 Å². The first-order chi connectivity index (χ1) is 9.02. The first-order valence-electron chi connectivity index (χ1n) is 6.92. The van der Waals surface area contributed by atoms with E-state index in [9.17, 15) is 0 Å². The average molecular weight is 346 g/mol. The minimum absolute atomic E-state index is 0.253. The Kier molecular flexibility index (Phi) is 5.29. The van der Waals surface area contributed by atoms with Gasteiger partial charge in [-0.2, -0.15) is 0 Å². The minimum Gasteiger partial charge on any atom is -0.329 e. The third-order valence-corrected chi connectivity index (χ3v) is 5.30. The molecule has 19 heavy (non-hydrogen) atoms. The van der Waals surface area contributed by atoms with E-state index in [4.69, 9.17) is 17.3 Å². The summed E-state index contributed by atoms with van der Waals surface area (Å²) < 4.78 is 1.10. The van der Waals surface area contributed by atoms with Crippen molar-refractivity contribution in [2.75, 3.05) is 19.6 Å². The fourth-order valence-corrected chi connectivity index (χ4v) is 3.51. The zero-order valence-electron chi connectivity index (χ0n) is 11.6. The van der Waals surface area contributed by atoms with Gasteiger partial charge in [-0.15, -0.1) is 0 Å². The van der Waals surface area contributed by atoms with Gasteiger partial charge < -0.3 is 5.73 Å². The highest BCUT2D eigenvalue weighted by Gasteiger charge is 2.28. The lowest BCUT2D eigenvalue weighted by molar-refractivity contribution is 0.0980. The van der Waals surface area contributed by atoms with Crippen LogP contribution in [0.3, 0.4) is 0 Å². The summed E-state index contributed by atoms with van der Waals surface area (Å²) in [4.78, 5) is 2.50. The van der Waals surface area contributed by atoms with Gasteiger partial charge in [0, 0.05) is 28.6 Å². The van der Waals surface area contributed by atoms with Crippen molar-refractivity contribution < 1.29 is 0 Å². The number of hydrogen-bond acceptors (Lipinski definition) is 2. The van der Waals surface area contributed by atoms with E-state index in [2.05, 4.69) is 34.7 Å². The Labute approximate surface area is 129 Å². The van der Waals surface area contributed by atoms with Gasteiger partial charge in [-0.25, -0.2) is 0 Å². The molecule has 1 aromatic rings. The van der Waals surface area contributed by atoms with Crippen molar-refractivity contribution in [3.05, 3.63) is 33.3 Å². The van der Waals surface area contributed by atoms with Crippen LogP contribution in [-0.2, 0) is 0 Å². The topological polar surface area (TPSA) is 29.3 Å². The molecule has 1 saturated heterocycles. The fraction of sp³-hybridized carbons (Fsp3) is 0.600. The average Bonchev–Trinajstić information content (AvgIpc) is 2.38. The van der Waals surface area contributed by atoms with Gasteiger partial charge in [0.1, 0.15) is 0 Å². The van der Waals surface area contributed by atoms with Crippen LogP contribution in [0.25, 0.3) is 0 Å². The molecule has 2 nitrogen and oxygen atoms in total. The Balaban J connectivity index is 2.22. The first-order valence-corrected chi connectivity index (χ1v) is 8.09. The molecule has 106 valence electrons. The molecule has 0 bridgehead atoms. The highest BCUT2D eigenvalue weighted by Crippen LogP contribution is 2.33. The maximum atomic E-state index is 6.13. The SMILES string of the molecule is CC1CCN(C(CN)c2cc(Cl)ccc2Br)CC1C. The summed E-state index contributed by atoms with van der Waals surface area (Å²) in [6, 6.07) is 6.20. The Morgan fingerprint density at radius 1 is 1.42 bits per heavy atom. The van der Waals surface area contributed by atoms with E-state index < -0.39 is 0 Å². The van der Waals surface area contributed by atoms with Gasteiger partial charge in [-0.1, -0.05) is 41.4 Å². The number of likely N-dealkylation sites (tertiary alicyclic amines) is 1. The van der Waals surface area contributed by atoms with Crippen molar-refractivity contribution in [2.24, 2.45) is 17.6 Å². The van der Waals surface area contributed by atoms with Crippen LogP contribution in [0, 0.1) is 11.8 Å². The van der Waals surface area contributed by atoms with Crippen LogP contribution in [0.2, 0.25) is 5.02 Å². The Hall–Kier alpha value is -0.0900. The van der Waals surface area contributed by atoms with Gasteiger partial charge in [0.25, 0.3) is 0 Å². The van der Waals surface area contributed by atoms with E-state index in [1.807, 2.05) is 18.2 Å². The molecule has 0 saturated carbocycles. The van der Waals surface area contributed by atoms with E-state index in [-0.39, 0.29) is 6.04 Å². The molecule has 3 unspecified atom stereocenters. The zero-order chi connectivity index (χ0) is 14.0. The lowest BCUT2D eigenvalue weighted by Gasteiger charge is -2.40. The highest BCUT2D eigenvalue weighted by molar-refractivity contribution is 9.10. The highest BCUT2D eigenvalue weighted by atomic mass is 79.9. The summed E-state index contributed by atoms with van der Waals surface area (Å²) in [5.41, 5.74) is 7.23. The smallest absolute Gasteiger partial charge is 0.0482 e. The number of nitrogens with two attached hydrogens (primary N) is 1. The standard InChI is InChI=1S/C15H22BrClN2/c1-10-5-6-19(9-11(10)2)15(8-18)13-7-12(17)3-4-14(13)16/h3-4,7,10-11,15H,5-6,8-9,18H2,1-2H3. The second-order valence-electron chi connectivity index (χ2n) is 5.66. The molecule has 0 spiro atoms. The number of piperidine rings is 1. The van der Waals surface area contributed by atoms with E-state index in [1.165, 1.54) is 12.0 Å². The predicted molar refractivity (Wildman–Crippen MR) is 85.5 cm³/mol. The second kappa shape index (κ2) is 6.57. The molecule has 0 amide bonds. The zero-order valence-corrected chi connectivity index (χ0v) is 13.9. The molecule has 2 N–H and O–H groups in total. The Morgan fingerprint density at radius 3 is 2.79 bits per heavy atom. The summed E-state index contributed by atoms with van der Waals surface area (Å²) in [5.74, 6) is 1.53. The van der Waals surface area contributed by atoms with Gasteiger partial charge in [0.15, 0.2) is 0 Å². The molecule has 3 atom stereocenters. The van der Waals surface area contributed by atoms with Gasteiger partial charge in [-0.05, 0) is 48.6 Å². The molecule has 1 aliphatic rings. The fourth-order valence-electron chi connectivity index (χ4n) is 2.82. The molecule has 1 fully saturated rings. The molecular formula is C15H22BrClN2. The lowest BCUT2D eigenvalue weighted by atomic mass is 9.87. The number of benzene rings is 1. The van der Waals surface area contributed by atoms with Crippen LogP contribution in [-0.4, -0.2) is 24.5 Å². The van der Waals surface area contributed by atoms with Crippen molar-refractivity contribution in [1.82, 2.24) is 4.90 Å². The summed E-state index contributed by atoms with van der Waals surface area (Å²) in [7, 11) is 0. The Bertz CT molecular complexity index is 438. The normalized spacial score (nSPS) is 26.4. The largest absolute Gasteiger partial charge is 0.329 e. The van der Waals surface area contributed by atoms with E-state index >= 15 is 0 Å². The molecule has 0 aliphatic carbocycles. The molecule has 1 aliphatic heterocycles. The third-order valence-electron chi connectivity index (χ3n) is 4.35. The predicted octanol–water partition coefficient (Wildman–Crippen LogP) is 4.08. The van der Waals surface area contributed by atoms with Gasteiger partial charge >= 0.3 is 0 Å². The Morgan fingerprint density at radius 2 is 2.16 bits per heavy atom. The molecule has 0 aromatic heterocycles. The summed E-state index contributed by atoms with van der Waals surface area (Å²) in [5, 5.41) is 0.773. The summed E-state index contributed by atoms with van der Waals surface area (Å²) in [6.45, 7) is 7.53. The quantitative estimate of drug-likeness (QED) is 0.894. The van der Waals surface area contributed by atoms with Gasteiger partial charge in [0.05, 0.1) is 0 Å². The maximum absolute atomic E-state index is 6.13. The molecule has 1 aromatic carbocycles. The van der Waals surface area contributed by atoms with Gasteiger partial charge in [-0.3, -0.25) is 4.90 Å². The molecule has 0 radical (unpaired) electrons. The van der Waals surface area contributed by atoms with Crippen molar-refractivity contribution in [3.8, 4) is 0 Å². The van der Waals surface area contributed by atoms with Crippen LogP contribution in [0.5, 0.6) is 0 Å². The van der Waals surface area contributed by atoms with Crippen LogP contribution in [0.1, 0.15) is 31.9 Å². The molecule has 1 heterocycles. The van der Waals surface area contributed by atoms with Crippen molar-refractivity contribution in [1.29, 1.82) is 0 Å². The number of halogens is 2. The number of nitrogens with zero attached hydrogens (tertiary/aromatic N) is 1.